The third-order valence-electron chi connectivity index (χ3n) is 3.64. The van der Waals surface area contributed by atoms with E-state index in [4.69, 9.17) is 4.42 Å². The summed E-state index contributed by atoms with van der Waals surface area (Å²) >= 11 is 3.18. The molecular weight excluding hydrogens is 344 g/mol. The van der Waals surface area contributed by atoms with E-state index in [9.17, 15) is 8.42 Å². The first kappa shape index (κ1) is 16.0. The van der Waals surface area contributed by atoms with Gasteiger partial charge < -0.3 is 9.73 Å². The van der Waals surface area contributed by atoms with Gasteiger partial charge in [0.2, 0.25) is 10.0 Å². The van der Waals surface area contributed by atoms with Crippen molar-refractivity contribution in [3.05, 3.63) is 16.5 Å². The lowest BCUT2D eigenvalue weighted by Gasteiger charge is -2.17. The van der Waals surface area contributed by atoms with E-state index < -0.39 is 10.0 Å². The van der Waals surface area contributed by atoms with Crippen LogP contribution in [0.5, 0.6) is 0 Å². The van der Waals surface area contributed by atoms with Crippen molar-refractivity contribution in [3.8, 4) is 0 Å². The lowest BCUT2D eigenvalue weighted by Crippen LogP contribution is -2.33. The smallest absolute Gasteiger partial charge is 0.245 e. The molecule has 1 aromatic heterocycles. The second kappa shape index (κ2) is 5.79. The standard InChI is InChI=1S/C13H21BrN2O3S/c1-13(2)5-4-9(7-13)16-20(17,18)11-6-10(8-15-3)19-12(11)14/h6,9,15-16H,4-5,7-8H2,1-3H3. The van der Waals surface area contributed by atoms with Crippen molar-refractivity contribution >= 4 is 26.0 Å². The fraction of sp³-hybridized carbons (Fsp3) is 0.692. The molecule has 2 rings (SSSR count). The molecule has 1 aromatic rings. The fourth-order valence-electron chi connectivity index (χ4n) is 2.66. The Morgan fingerprint density at radius 2 is 2.20 bits per heavy atom. The lowest BCUT2D eigenvalue weighted by molar-refractivity contribution is 0.372. The van der Waals surface area contributed by atoms with Crippen LogP contribution in [0.2, 0.25) is 0 Å². The third kappa shape index (κ3) is 3.63. The zero-order valence-electron chi connectivity index (χ0n) is 12.0. The number of furan rings is 1. The Balaban J connectivity index is 2.14. The number of rotatable bonds is 5. The summed E-state index contributed by atoms with van der Waals surface area (Å²) in [6, 6.07) is 1.56. The van der Waals surface area contributed by atoms with Crippen LogP contribution in [0.1, 0.15) is 38.9 Å². The van der Waals surface area contributed by atoms with Gasteiger partial charge in [-0.05, 0) is 47.7 Å². The zero-order chi connectivity index (χ0) is 15.0. The average Bonchev–Trinajstić information content (AvgIpc) is 2.82. The maximum Gasteiger partial charge on any atom is 0.245 e. The molecule has 0 radical (unpaired) electrons. The Morgan fingerprint density at radius 3 is 2.75 bits per heavy atom. The summed E-state index contributed by atoms with van der Waals surface area (Å²) in [5.74, 6) is 0.589. The van der Waals surface area contributed by atoms with Crippen LogP contribution in [0.4, 0.5) is 0 Å². The first-order valence-corrected chi connectivity index (χ1v) is 8.96. The highest BCUT2D eigenvalue weighted by atomic mass is 79.9. The van der Waals surface area contributed by atoms with E-state index in [1.807, 2.05) is 0 Å². The maximum atomic E-state index is 12.4. The van der Waals surface area contributed by atoms with Crippen LogP contribution in [0.15, 0.2) is 20.0 Å². The van der Waals surface area contributed by atoms with E-state index in [1.54, 1.807) is 13.1 Å². The first-order chi connectivity index (χ1) is 9.23. The Morgan fingerprint density at radius 1 is 1.50 bits per heavy atom. The van der Waals surface area contributed by atoms with Gasteiger partial charge in [0.25, 0.3) is 0 Å². The third-order valence-corrected chi connectivity index (χ3v) is 6.01. The van der Waals surface area contributed by atoms with Gasteiger partial charge in [0.1, 0.15) is 10.7 Å². The van der Waals surface area contributed by atoms with E-state index in [1.165, 1.54) is 0 Å². The van der Waals surface area contributed by atoms with Crippen LogP contribution < -0.4 is 10.0 Å². The highest BCUT2D eigenvalue weighted by Gasteiger charge is 2.34. The molecule has 0 spiro atoms. The van der Waals surface area contributed by atoms with Crippen molar-refractivity contribution < 1.29 is 12.8 Å². The monoisotopic (exact) mass is 364 g/mol. The topological polar surface area (TPSA) is 71.3 Å². The molecule has 1 aliphatic rings. The first-order valence-electron chi connectivity index (χ1n) is 6.69. The van der Waals surface area contributed by atoms with E-state index >= 15 is 0 Å². The highest BCUT2D eigenvalue weighted by Crippen LogP contribution is 2.38. The molecule has 1 unspecified atom stereocenters. The summed E-state index contributed by atoms with van der Waals surface area (Å²) in [6.45, 7) is 4.82. The van der Waals surface area contributed by atoms with E-state index in [-0.39, 0.29) is 21.0 Å². The van der Waals surface area contributed by atoms with E-state index in [0.717, 1.165) is 19.3 Å². The largest absolute Gasteiger partial charge is 0.452 e. The Labute approximate surface area is 128 Å². The van der Waals surface area contributed by atoms with Crippen molar-refractivity contribution in [2.24, 2.45) is 5.41 Å². The summed E-state index contributed by atoms with van der Waals surface area (Å²) in [6.07, 6.45) is 2.79. The molecule has 0 bridgehead atoms. The Kier molecular flexibility index (Phi) is 4.63. The summed E-state index contributed by atoms with van der Waals surface area (Å²) in [4.78, 5) is 0.174. The van der Waals surface area contributed by atoms with Gasteiger partial charge in [0.15, 0.2) is 4.67 Å². The molecule has 114 valence electrons. The average molecular weight is 365 g/mol. The number of sulfonamides is 1. The van der Waals surface area contributed by atoms with Gasteiger partial charge >= 0.3 is 0 Å². The molecule has 1 fully saturated rings. The molecule has 1 saturated carbocycles. The molecular formula is C13H21BrN2O3S. The van der Waals surface area contributed by atoms with Crippen molar-refractivity contribution in [3.63, 3.8) is 0 Å². The number of halogens is 1. The van der Waals surface area contributed by atoms with Crippen LogP contribution >= 0.6 is 15.9 Å². The molecule has 0 amide bonds. The molecule has 0 aliphatic heterocycles. The molecule has 1 atom stereocenters. The molecule has 0 aromatic carbocycles. The van der Waals surface area contributed by atoms with Crippen LogP contribution in [-0.4, -0.2) is 21.5 Å². The lowest BCUT2D eigenvalue weighted by atomic mass is 9.92. The molecule has 0 saturated heterocycles. The Hall–Kier alpha value is -0.370. The van der Waals surface area contributed by atoms with Gasteiger partial charge in [-0.2, -0.15) is 0 Å². The van der Waals surface area contributed by atoms with Crippen LogP contribution in [0.25, 0.3) is 0 Å². The van der Waals surface area contributed by atoms with E-state index in [2.05, 4.69) is 39.8 Å². The number of hydrogen-bond acceptors (Lipinski definition) is 4. The van der Waals surface area contributed by atoms with Crippen molar-refractivity contribution in [1.82, 2.24) is 10.0 Å². The van der Waals surface area contributed by atoms with Crippen LogP contribution in [-0.2, 0) is 16.6 Å². The summed E-state index contributed by atoms with van der Waals surface area (Å²) in [7, 11) is -1.76. The minimum absolute atomic E-state index is 0.00421. The molecule has 2 N–H and O–H groups in total. The predicted molar refractivity (Wildman–Crippen MR) is 80.9 cm³/mol. The highest BCUT2D eigenvalue weighted by molar-refractivity contribution is 9.10. The van der Waals surface area contributed by atoms with Gasteiger partial charge in [0, 0.05) is 12.1 Å². The van der Waals surface area contributed by atoms with Gasteiger partial charge in [-0.25, -0.2) is 13.1 Å². The summed E-state index contributed by atoms with van der Waals surface area (Å²) in [5, 5.41) is 2.93. The minimum Gasteiger partial charge on any atom is -0.452 e. The molecule has 7 heteroatoms. The van der Waals surface area contributed by atoms with Crippen molar-refractivity contribution in [1.29, 1.82) is 0 Å². The Bertz CT molecular complexity index is 580. The summed E-state index contributed by atoms with van der Waals surface area (Å²) < 4.78 is 33.3. The van der Waals surface area contributed by atoms with E-state index in [0.29, 0.717) is 12.3 Å². The predicted octanol–water partition coefficient (Wildman–Crippen LogP) is 2.62. The summed E-state index contributed by atoms with van der Waals surface area (Å²) in [5.41, 5.74) is 0.206. The minimum atomic E-state index is -3.54. The van der Waals surface area contributed by atoms with Gasteiger partial charge in [-0.3, -0.25) is 0 Å². The maximum absolute atomic E-state index is 12.4. The second-order valence-corrected chi connectivity index (χ2v) is 8.51. The number of hydrogen-bond donors (Lipinski definition) is 2. The molecule has 5 nitrogen and oxygen atoms in total. The number of nitrogens with one attached hydrogen (secondary N) is 2. The SMILES string of the molecule is CNCc1cc(S(=O)(=O)NC2CCC(C)(C)C2)c(Br)o1. The van der Waals surface area contributed by atoms with Crippen molar-refractivity contribution in [2.75, 3.05) is 7.05 Å². The van der Waals surface area contributed by atoms with Crippen molar-refractivity contribution in [2.45, 2.75) is 50.6 Å². The fourth-order valence-corrected chi connectivity index (χ4v) is 4.93. The quantitative estimate of drug-likeness (QED) is 0.842. The molecule has 1 aliphatic carbocycles. The van der Waals surface area contributed by atoms with Gasteiger partial charge in [-0.1, -0.05) is 13.8 Å². The second-order valence-electron chi connectivity index (χ2n) is 6.11. The molecule has 1 heterocycles. The normalized spacial score (nSPS) is 22.3. The van der Waals surface area contributed by atoms with Gasteiger partial charge in [0.05, 0.1) is 6.54 Å². The van der Waals surface area contributed by atoms with Crippen LogP contribution in [0, 0.1) is 5.41 Å². The van der Waals surface area contributed by atoms with Gasteiger partial charge in [-0.15, -0.1) is 0 Å². The molecule has 20 heavy (non-hydrogen) atoms. The zero-order valence-corrected chi connectivity index (χ0v) is 14.4. The van der Waals surface area contributed by atoms with Crippen LogP contribution in [0.3, 0.4) is 0 Å².